The number of nitrogens with one attached hydrogen (secondary N) is 2. The SMILES string of the molecule is COc1ccc(CNC(=O)C(C)NC(C)c2ccc(-c3ccccc3)cc2)cc1. The van der Waals surface area contributed by atoms with Crippen LogP contribution in [0.1, 0.15) is 31.0 Å². The van der Waals surface area contributed by atoms with Crippen molar-refractivity contribution >= 4 is 5.91 Å². The highest BCUT2D eigenvalue weighted by Gasteiger charge is 2.16. The van der Waals surface area contributed by atoms with E-state index in [2.05, 4.69) is 54.0 Å². The minimum atomic E-state index is -0.294. The van der Waals surface area contributed by atoms with Gasteiger partial charge in [-0.25, -0.2) is 0 Å². The zero-order chi connectivity index (χ0) is 20.6. The minimum absolute atomic E-state index is 0.0198. The Balaban J connectivity index is 1.52. The van der Waals surface area contributed by atoms with Gasteiger partial charge in [0, 0.05) is 12.6 Å². The molecular weight excluding hydrogens is 360 g/mol. The zero-order valence-corrected chi connectivity index (χ0v) is 17.2. The average molecular weight is 389 g/mol. The fraction of sp³-hybridized carbons (Fsp3) is 0.240. The Kier molecular flexibility index (Phi) is 7.04. The van der Waals surface area contributed by atoms with Crippen LogP contribution >= 0.6 is 0 Å². The van der Waals surface area contributed by atoms with Crippen LogP contribution in [0.2, 0.25) is 0 Å². The fourth-order valence-corrected chi connectivity index (χ4v) is 3.23. The third-order valence-corrected chi connectivity index (χ3v) is 5.04. The van der Waals surface area contributed by atoms with Crippen LogP contribution in [0.25, 0.3) is 11.1 Å². The van der Waals surface area contributed by atoms with E-state index < -0.39 is 0 Å². The molecule has 2 N–H and O–H groups in total. The Hall–Kier alpha value is -3.11. The maximum atomic E-state index is 12.4. The monoisotopic (exact) mass is 388 g/mol. The number of amides is 1. The smallest absolute Gasteiger partial charge is 0.237 e. The van der Waals surface area contributed by atoms with Crippen LogP contribution in [-0.4, -0.2) is 19.1 Å². The predicted molar refractivity (Wildman–Crippen MR) is 118 cm³/mol. The van der Waals surface area contributed by atoms with Crippen molar-refractivity contribution in [3.63, 3.8) is 0 Å². The summed E-state index contributed by atoms with van der Waals surface area (Å²) in [7, 11) is 1.64. The van der Waals surface area contributed by atoms with Crippen LogP contribution in [-0.2, 0) is 11.3 Å². The number of hydrogen-bond acceptors (Lipinski definition) is 3. The molecule has 0 fully saturated rings. The first-order valence-electron chi connectivity index (χ1n) is 9.89. The van der Waals surface area contributed by atoms with E-state index in [0.717, 1.165) is 16.9 Å². The van der Waals surface area contributed by atoms with E-state index >= 15 is 0 Å². The lowest BCUT2D eigenvalue weighted by Crippen LogP contribution is -2.42. The molecule has 0 aliphatic heterocycles. The maximum Gasteiger partial charge on any atom is 0.237 e. The van der Waals surface area contributed by atoms with Gasteiger partial charge in [0.15, 0.2) is 0 Å². The fourth-order valence-electron chi connectivity index (χ4n) is 3.23. The summed E-state index contributed by atoms with van der Waals surface area (Å²) in [6.07, 6.45) is 0. The van der Waals surface area contributed by atoms with E-state index in [1.54, 1.807) is 7.11 Å². The summed E-state index contributed by atoms with van der Waals surface area (Å²) in [6, 6.07) is 26.2. The molecule has 0 saturated carbocycles. The first kappa shape index (κ1) is 20.6. The van der Waals surface area contributed by atoms with Crippen molar-refractivity contribution in [3.05, 3.63) is 90.0 Å². The maximum absolute atomic E-state index is 12.4. The number of hydrogen-bond donors (Lipinski definition) is 2. The van der Waals surface area contributed by atoms with E-state index in [0.29, 0.717) is 6.54 Å². The zero-order valence-electron chi connectivity index (χ0n) is 17.2. The van der Waals surface area contributed by atoms with Gasteiger partial charge in [-0.05, 0) is 48.2 Å². The van der Waals surface area contributed by atoms with Gasteiger partial charge in [0.25, 0.3) is 0 Å². The normalized spacial score (nSPS) is 12.8. The number of methoxy groups -OCH3 is 1. The highest BCUT2D eigenvalue weighted by molar-refractivity contribution is 5.81. The minimum Gasteiger partial charge on any atom is -0.497 e. The van der Waals surface area contributed by atoms with Gasteiger partial charge in [0.2, 0.25) is 5.91 Å². The molecule has 0 heterocycles. The van der Waals surface area contributed by atoms with Crippen molar-refractivity contribution in [2.75, 3.05) is 7.11 Å². The van der Waals surface area contributed by atoms with Crippen LogP contribution in [0.4, 0.5) is 0 Å². The van der Waals surface area contributed by atoms with Crippen molar-refractivity contribution in [3.8, 4) is 16.9 Å². The Labute approximate surface area is 172 Å². The summed E-state index contributed by atoms with van der Waals surface area (Å²) in [6.45, 7) is 4.46. The van der Waals surface area contributed by atoms with E-state index in [1.807, 2.05) is 49.4 Å². The van der Waals surface area contributed by atoms with Crippen molar-refractivity contribution < 1.29 is 9.53 Å². The standard InChI is InChI=1S/C25H28N2O2/c1-18(21-11-13-23(14-12-21)22-7-5-4-6-8-22)27-19(2)25(28)26-17-20-9-15-24(29-3)16-10-20/h4-16,18-19,27H,17H2,1-3H3,(H,26,28). The molecule has 0 saturated heterocycles. The first-order chi connectivity index (χ1) is 14.1. The van der Waals surface area contributed by atoms with Gasteiger partial charge >= 0.3 is 0 Å². The van der Waals surface area contributed by atoms with Gasteiger partial charge < -0.3 is 10.1 Å². The average Bonchev–Trinajstić information content (AvgIpc) is 2.78. The largest absolute Gasteiger partial charge is 0.497 e. The number of ether oxygens (including phenoxy) is 1. The number of carbonyl (C=O) groups excluding carboxylic acids is 1. The van der Waals surface area contributed by atoms with Gasteiger partial charge in [-0.1, -0.05) is 66.7 Å². The van der Waals surface area contributed by atoms with Gasteiger partial charge in [-0.3, -0.25) is 10.1 Å². The Bertz CT molecular complexity index is 906. The Morgan fingerprint density at radius 1 is 0.862 bits per heavy atom. The number of carbonyl (C=O) groups is 1. The van der Waals surface area contributed by atoms with Crippen molar-refractivity contribution in [2.24, 2.45) is 0 Å². The van der Waals surface area contributed by atoms with Crippen LogP contribution in [0, 0.1) is 0 Å². The van der Waals surface area contributed by atoms with Crippen molar-refractivity contribution in [1.82, 2.24) is 10.6 Å². The third kappa shape index (κ3) is 5.69. The summed E-state index contributed by atoms with van der Waals surface area (Å²) in [5.41, 5.74) is 4.58. The third-order valence-electron chi connectivity index (χ3n) is 5.04. The van der Waals surface area contributed by atoms with Gasteiger partial charge in [0.05, 0.1) is 13.2 Å². The molecule has 0 aromatic heterocycles. The summed E-state index contributed by atoms with van der Waals surface area (Å²) < 4.78 is 5.15. The Morgan fingerprint density at radius 2 is 1.48 bits per heavy atom. The molecule has 0 spiro atoms. The van der Waals surface area contributed by atoms with Crippen LogP contribution in [0.3, 0.4) is 0 Å². The van der Waals surface area contributed by atoms with E-state index in [9.17, 15) is 4.79 Å². The molecule has 3 rings (SSSR count). The number of rotatable bonds is 8. The lowest BCUT2D eigenvalue weighted by Gasteiger charge is -2.20. The molecule has 0 aliphatic rings. The molecule has 2 atom stereocenters. The molecule has 3 aromatic carbocycles. The summed E-state index contributed by atoms with van der Waals surface area (Å²) >= 11 is 0. The van der Waals surface area contributed by atoms with Crippen molar-refractivity contribution in [2.45, 2.75) is 32.5 Å². The second kappa shape index (κ2) is 9.89. The molecule has 0 bridgehead atoms. The van der Waals surface area contributed by atoms with E-state index in [4.69, 9.17) is 4.74 Å². The molecule has 150 valence electrons. The van der Waals surface area contributed by atoms with Gasteiger partial charge in [0.1, 0.15) is 5.75 Å². The summed E-state index contributed by atoms with van der Waals surface area (Å²) in [5, 5.41) is 6.36. The molecule has 1 amide bonds. The van der Waals surface area contributed by atoms with Crippen LogP contribution in [0.5, 0.6) is 5.75 Å². The predicted octanol–water partition coefficient (Wildman–Crippen LogP) is 4.72. The molecule has 29 heavy (non-hydrogen) atoms. The molecule has 3 aromatic rings. The lowest BCUT2D eigenvalue weighted by molar-refractivity contribution is -0.123. The van der Waals surface area contributed by atoms with E-state index in [1.165, 1.54) is 11.1 Å². The highest BCUT2D eigenvalue weighted by Crippen LogP contribution is 2.22. The molecule has 0 aliphatic carbocycles. The number of benzene rings is 3. The molecular formula is C25H28N2O2. The summed E-state index contributed by atoms with van der Waals surface area (Å²) in [5.74, 6) is 0.788. The lowest BCUT2D eigenvalue weighted by atomic mass is 10.0. The van der Waals surface area contributed by atoms with Crippen LogP contribution in [0.15, 0.2) is 78.9 Å². The second-order valence-corrected chi connectivity index (χ2v) is 7.16. The highest BCUT2D eigenvalue weighted by atomic mass is 16.5. The van der Waals surface area contributed by atoms with Gasteiger partial charge in [-0.15, -0.1) is 0 Å². The van der Waals surface area contributed by atoms with Crippen LogP contribution < -0.4 is 15.4 Å². The quantitative estimate of drug-likeness (QED) is 0.587. The molecule has 2 unspecified atom stereocenters. The molecule has 0 radical (unpaired) electrons. The molecule has 4 heteroatoms. The van der Waals surface area contributed by atoms with E-state index in [-0.39, 0.29) is 18.0 Å². The Morgan fingerprint density at radius 3 is 2.10 bits per heavy atom. The van der Waals surface area contributed by atoms with Gasteiger partial charge in [-0.2, -0.15) is 0 Å². The summed E-state index contributed by atoms with van der Waals surface area (Å²) in [4.78, 5) is 12.4. The van der Waals surface area contributed by atoms with Crippen molar-refractivity contribution in [1.29, 1.82) is 0 Å². The molecule has 4 nitrogen and oxygen atoms in total. The topological polar surface area (TPSA) is 50.4 Å². The second-order valence-electron chi connectivity index (χ2n) is 7.16. The first-order valence-corrected chi connectivity index (χ1v) is 9.89.